The van der Waals surface area contributed by atoms with Gasteiger partial charge in [0.05, 0.1) is 18.1 Å². The molecule has 4 bridgehead atoms. The van der Waals surface area contributed by atoms with Crippen molar-refractivity contribution in [1.29, 1.82) is 0 Å². The number of fused-ring (bicyclic) bond motifs is 1. The fraction of sp³-hybridized carbons (Fsp3) is 0.821. The standard InChI is InChI=1S/C28H38O7/c1-7-31-18-11-8-15-12-24(3,4)19-21(30)28-27-17(26(19,13-32-28)22(15)33-18)10-9-16(14(2)20(27)29)23(27)34-25(5,6)35-28/h16-19,21,23,30H,2,7-13H2,1,3-6H3/t16-,17-,18-,19+,21-,23+,26-,27-,28-/m0/s1. The fourth-order valence-corrected chi connectivity index (χ4v) is 9.95. The van der Waals surface area contributed by atoms with Crippen LogP contribution in [0, 0.1) is 34.0 Å². The number of carbonyl (C=O) groups excluding carboxylic acids is 1. The van der Waals surface area contributed by atoms with Crippen LogP contribution in [0.25, 0.3) is 0 Å². The van der Waals surface area contributed by atoms with E-state index in [2.05, 4.69) is 20.4 Å². The minimum Gasteiger partial charge on any atom is -0.469 e. The quantitative estimate of drug-likeness (QED) is 0.594. The van der Waals surface area contributed by atoms with Crippen molar-refractivity contribution in [3.05, 3.63) is 23.5 Å². The molecule has 4 aliphatic heterocycles. The molecule has 4 aliphatic carbocycles. The molecule has 0 aromatic carbocycles. The van der Waals surface area contributed by atoms with Gasteiger partial charge in [-0.1, -0.05) is 20.4 Å². The Morgan fingerprint density at radius 3 is 2.69 bits per heavy atom. The Kier molecular flexibility index (Phi) is 4.32. The Bertz CT molecular complexity index is 1060. The van der Waals surface area contributed by atoms with Gasteiger partial charge >= 0.3 is 0 Å². The van der Waals surface area contributed by atoms with Crippen LogP contribution in [0.2, 0.25) is 0 Å². The van der Waals surface area contributed by atoms with Crippen LogP contribution in [0.4, 0.5) is 0 Å². The van der Waals surface area contributed by atoms with Gasteiger partial charge in [0.1, 0.15) is 17.3 Å². The van der Waals surface area contributed by atoms with E-state index in [0.29, 0.717) is 18.8 Å². The summed E-state index contributed by atoms with van der Waals surface area (Å²) in [7, 11) is 0. The van der Waals surface area contributed by atoms with E-state index in [-0.39, 0.29) is 35.2 Å². The molecular formula is C28H38O7. The molecular weight excluding hydrogens is 448 g/mol. The average molecular weight is 487 g/mol. The van der Waals surface area contributed by atoms with Gasteiger partial charge in [0.25, 0.3) is 0 Å². The maximum Gasteiger partial charge on any atom is 0.213 e. The van der Waals surface area contributed by atoms with Crippen molar-refractivity contribution in [1.82, 2.24) is 0 Å². The highest BCUT2D eigenvalue weighted by molar-refractivity contribution is 6.05. The van der Waals surface area contributed by atoms with Crippen molar-refractivity contribution in [3.8, 4) is 0 Å². The number of hydrogen-bond donors (Lipinski definition) is 1. The van der Waals surface area contributed by atoms with Crippen molar-refractivity contribution >= 4 is 5.78 Å². The van der Waals surface area contributed by atoms with E-state index >= 15 is 0 Å². The third kappa shape index (κ3) is 2.31. The highest BCUT2D eigenvalue weighted by atomic mass is 16.8. The summed E-state index contributed by atoms with van der Waals surface area (Å²) in [5.41, 5.74) is -0.134. The molecule has 8 aliphatic rings. The topological polar surface area (TPSA) is 83.5 Å². The lowest BCUT2D eigenvalue weighted by Crippen LogP contribution is -2.87. The van der Waals surface area contributed by atoms with Gasteiger partial charge in [0.2, 0.25) is 5.79 Å². The maximum absolute atomic E-state index is 14.3. The van der Waals surface area contributed by atoms with Gasteiger partial charge in [-0.2, -0.15) is 0 Å². The molecule has 7 nitrogen and oxygen atoms in total. The molecule has 6 fully saturated rings. The monoisotopic (exact) mass is 486 g/mol. The minimum absolute atomic E-state index is 0.0511. The second-order valence-electron chi connectivity index (χ2n) is 13.1. The number of hydrogen-bond acceptors (Lipinski definition) is 7. The Labute approximate surface area is 207 Å². The van der Waals surface area contributed by atoms with E-state index in [1.807, 2.05) is 20.8 Å². The molecule has 7 heteroatoms. The summed E-state index contributed by atoms with van der Waals surface area (Å²) in [5, 5.41) is 12.4. The molecule has 9 atom stereocenters. The first kappa shape index (κ1) is 22.9. The largest absolute Gasteiger partial charge is 0.469 e. The molecule has 3 saturated heterocycles. The zero-order chi connectivity index (χ0) is 24.8. The zero-order valence-corrected chi connectivity index (χ0v) is 21.5. The lowest BCUT2D eigenvalue weighted by atomic mass is 9.36. The summed E-state index contributed by atoms with van der Waals surface area (Å²) in [5.74, 6) is -2.01. The molecule has 0 amide bonds. The predicted octanol–water partition coefficient (Wildman–Crippen LogP) is 3.85. The van der Waals surface area contributed by atoms with Gasteiger partial charge in [-0.05, 0) is 68.9 Å². The third-order valence-corrected chi connectivity index (χ3v) is 10.6. The van der Waals surface area contributed by atoms with Crippen molar-refractivity contribution in [2.24, 2.45) is 34.0 Å². The first-order valence-electron chi connectivity index (χ1n) is 13.4. The highest BCUT2D eigenvalue weighted by Crippen LogP contribution is 2.80. The first-order chi connectivity index (χ1) is 16.5. The molecule has 3 spiro atoms. The van der Waals surface area contributed by atoms with Crippen LogP contribution in [0.1, 0.15) is 66.7 Å². The molecule has 192 valence electrons. The van der Waals surface area contributed by atoms with Crippen LogP contribution in [0.15, 0.2) is 23.5 Å². The molecule has 1 N–H and O–H groups in total. The lowest BCUT2D eigenvalue weighted by molar-refractivity contribution is -0.527. The SMILES string of the molecule is C=C1C(=O)[C@@]23[C@@H]4OC(C)(C)O[C@]25OC[C@]2(C6=C(CC[C@@H](OCC)O6)CC(C)(C)[C@H]2[C@@H]5O)[C@@H]3CC[C@@H]14. The normalized spacial score (nSPS) is 52.5. The van der Waals surface area contributed by atoms with E-state index in [9.17, 15) is 9.90 Å². The molecule has 0 aromatic rings. The number of Topliss-reactive ketones (excluding diaryl/α,β-unsaturated/α-hetero) is 1. The maximum atomic E-state index is 14.3. The van der Waals surface area contributed by atoms with Crippen LogP contribution in [0.3, 0.4) is 0 Å². The fourth-order valence-electron chi connectivity index (χ4n) is 9.95. The Morgan fingerprint density at radius 1 is 1.17 bits per heavy atom. The van der Waals surface area contributed by atoms with Gasteiger partial charge in [-0.3, -0.25) is 4.79 Å². The zero-order valence-electron chi connectivity index (χ0n) is 21.5. The van der Waals surface area contributed by atoms with E-state index in [1.54, 1.807) is 0 Å². The lowest BCUT2D eigenvalue weighted by Gasteiger charge is -2.77. The summed E-state index contributed by atoms with van der Waals surface area (Å²) in [6.07, 6.45) is 2.44. The Balaban J connectivity index is 1.51. The summed E-state index contributed by atoms with van der Waals surface area (Å²) >= 11 is 0. The summed E-state index contributed by atoms with van der Waals surface area (Å²) in [4.78, 5) is 14.3. The van der Waals surface area contributed by atoms with Crippen molar-refractivity contribution in [3.63, 3.8) is 0 Å². The number of carbonyl (C=O) groups is 1. The van der Waals surface area contributed by atoms with E-state index in [0.717, 1.165) is 37.9 Å². The second kappa shape index (κ2) is 6.60. The van der Waals surface area contributed by atoms with Gasteiger partial charge < -0.3 is 28.8 Å². The number of ketones is 1. The van der Waals surface area contributed by atoms with Crippen LogP contribution in [-0.4, -0.2) is 54.2 Å². The minimum atomic E-state index is -1.46. The van der Waals surface area contributed by atoms with E-state index < -0.39 is 34.6 Å². The van der Waals surface area contributed by atoms with Gasteiger partial charge in [0, 0.05) is 24.9 Å². The molecule has 8 rings (SSSR count). The summed E-state index contributed by atoms with van der Waals surface area (Å²) in [6.45, 7) is 15.4. The van der Waals surface area contributed by atoms with Crippen LogP contribution in [-0.2, 0) is 28.5 Å². The number of aliphatic hydroxyl groups excluding tert-OH is 1. The van der Waals surface area contributed by atoms with Gasteiger partial charge in [0.15, 0.2) is 17.9 Å². The highest BCUT2D eigenvalue weighted by Gasteiger charge is 2.90. The summed E-state index contributed by atoms with van der Waals surface area (Å²) < 4.78 is 32.6. The number of ether oxygens (including phenoxy) is 5. The van der Waals surface area contributed by atoms with Crippen LogP contribution in [0.5, 0.6) is 0 Å². The molecule has 35 heavy (non-hydrogen) atoms. The number of allylic oxidation sites excluding steroid dienone is 1. The molecule has 4 heterocycles. The Hall–Kier alpha value is -1.25. The third-order valence-electron chi connectivity index (χ3n) is 10.6. The van der Waals surface area contributed by atoms with E-state index in [4.69, 9.17) is 23.7 Å². The molecule has 0 unspecified atom stereocenters. The summed E-state index contributed by atoms with van der Waals surface area (Å²) in [6, 6.07) is 0. The average Bonchev–Trinajstić information content (AvgIpc) is 2.90. The second-order valence-corrected chi connectivity index (χ2v) is 13.1. The van der Waals surface area contributed by atoms with Crippen molar-refractivity contribution < 1.29 is 33.6 Å². The van der Waals surface area contributed by atoms with Gasteiger partial charge in [-0.15, -0.1) is 0 Å². The van der Waals surface area contributed by atoms with Crippen LogP contribution >= 0.6 is 0 Å². The van der Waals surface area contributed by atoms with E-state index in [1.165, 1.54) is 5.57 Å². The molecule has 0 aromatic heterocycles. The van der Waals surface area contributed by atoms with Crippen molar-refractivity contribution in [2.45, 2.75) is 96.8 Å². The number of rotatable bonds is 2. The number of aliphatic hydroxyl groups is 1. The smallest absolute Gasteiger partial charge is 0.213 e. The first-order valence-corrected chi connectivity index (χ1v) is 13.4. The Morgan fingerprint density at radius 2 is 1.94 bits per heavy atom. The van der Waals surface area contributed by atoms with Crippen molar-refractivity contribution in [2.75, 3.05) is 13.2 Å². The molecule has 3 saturated carbocycles. The molecule has 0 radical (unpaired) electrons. The predicted molar refractivity (Wildman–Crippen MR) is 125 cm³/mol. The van der Waals surface area contributed by atoms with Gasteiger partial charge in [-0.25, -0.2) is 0 Å². The van der Waals surface area contributed by atoms with Crippen LogP contribution < -0.4 is 0 Å².